The van der Waals surface area contributed by atoms with Crippen molar-refractivity contribution in [2.75, 3.05) is 18.9 Å². The lowest BCUT2D eigenvalue weighted by Gasteiger charge is -2.14. The molecule has 6 nitrogen and oxygen atoms in total. The first-order valence-electron chi connectivity index (χ1n) is 8.64. The minimum Gasteiger partial charge on any atom is -0.493 e. The van der Waals surface area contributed by atoms with E-state index >= 15 is 0 Å². The van der Waals surface area contributed by atoms with Gasteiger partial charge in [-0.05, 0) is 49.9 Å². The molecule has 1 aliphatic carbocycles. The first kappa shape index (κ1) is 19.3. The molecule has 0 saturated heterocycles. The van der Waals surface area contributed by atoms with Crippen molar-refractivity contribution in [1.29, 1.82) is 0 Å². The van der Waals surface area contributed by atoms with Crippen LogP contribution in [0.3, 0.4) is 0 Å². The maximum Gasteiger partial charge on any atom is 0.264 e. The van der Waals surface area contributed by atoms with Gasteiger partial charge in [-0.15, -0.1) is 0 Å². The van der Waals surface area contributed by atoms with E-state index in [0.29, 0.717) is 11.4 Å². The quantitative estimate of drug-likeness (QED) is 0.768. The van der Waals surface area contributed by atoms with Crippen molar-refractivity contribution in [2.45, 2.75) is 36.7 Å². The normalized spacial score (nSPS) is 14.8. The fourth-order valence-electron chi connectivity index (χ4n) is 3.05. The number of hydrogen-bond donors (Lipinski definition) is 1. The number of methoxy groups -OCH3 is 2. The lowest BCUT2D eigenvalue weighted by Crippen LogP contribution is -2.15. The van der Waals surface area contributed by atoms with Crippen molar-refractivity contribution in [1.82, 2.24) is 0 Å². The van der Waals surface area contributed by atoms with Crippen LogP contribution >= 0.6 is 0 Å². The van der Waals surface area contributed by atoms with E-state index in [1.54, 1.807) is 24.3 Å². The van der Waals surface area contributed by atoms with Crippen LogP contribution in [0.1, 0.15) is 25.7 Å². The van der Waals surface area contributed by atoms with Crippen molar-refractivity contribution in [3.05, 3.63) is 42.2 Å². The smallest absolute Gasteiger partial charge is 0.264 e. The molecule has 2 aromatic rings. The molecule has 0 unspecified atom stereocenters. The van der Waals surface area contributed by atoms with E-state index in [0.717, 1.165) is 25.0 Å². The molecule has 146 valence electrons. The molecule has 3 rings (SSSR count). The predicted octanol–water partition coefficient (Wildman–Crippen LogP) is 3.97. The summed E-state index contributed by atoms with van der Waals surface area (Å²) in [5.74, 6) is -0.00886. The van der Waals surface area contributed by atoms with E-state index < -0.39 is 20.7 Å². The molecule has 0 spiro atoms. The zero-order valence-electron chi connectivity index (χ0n) is 15.2. The molecule has 0 atom stereocenters. The molecule has 0 bridgehead atoms. The van der Waals surface area contributed by atoms with Crippen LogP contribution in [-0.2, 0) is 10.0 Å². The van der Waals surface area contributed by atoms with Gasteiger partial charge < -0.3 is 14.2 Å². The Bertz CT molecular complexity index is 893. The van der Waals surface area contributed by atoms with Crippen LogP contribution in [0.25, 0.3) is 0 Å². The Morgan fingerprint density at radius 1 is 1.00 bits per heavy atom. The van der Waals surface area contributed by atoms with Crippen molar-refractivity contribution in [3.63, 3.8) is 0 Å². The van der Waals surface area contributed by atoms with Crippen LogP contribution in [0.5, 0.6) is 17.2 Å². The molecule has 0 heterocycles. The lowest BCUT2D eigenvalue weighted by atomic mass is 10.3. The number of sulfonamides is 1. The van der Waals surface area contributed by atoms with Gasteiger partial charge in [0.05, 0.1) is 20.3 Å². The molecular weight excluding hydrogens is 373 g/mol. The third-order valence-corrected chi connectivity index (χ3v) is 5.84. The number of benzene rings is 2. The van der Waals surface area contributed by atoms with Crippen molar-refractivity contribution in [2.24, 2.45) is 0 Å². The Balaban J connectivity index is 1.78. The topological polar surface area (TPSA) is 73.9 Å². The van der Waals surface area contributed by atoms with Gasteiger partial charge in [0.2, 0.25) is 0 Å². The highest BCUT2D eigenvalue weighted by Gasteiger charge is 2.23. The zero-order chi connectivity index (χ0) is 19.4. The van der Waals surface area contributed by atoms with Gasteiger partial charge in [-0.25, -0.2) is 12.8 Å². The zero-order valence-corrected chi connectivity index (χ0v) is 16.0. The van der Waals surface area contributed by atoms with Crippen LogP contribution in [-0.4, -0.2) is 28.7 Å². The second kappa shape index (κ2) is 8.04. The number of ether oxygens (including phenoxy) is 3. The summed E-state index contributed by atoms with van der Waals surface area (Å²) in [7, 11) is -1.44. The Labute approximate surface area is 158 Å². The average molecular weight is 395 g/mol. The minimum atomic E-state index is -4.14. The monoisotopic (exact) mass is 395 g/mol. The molecule has 8 heteroatoms. The summed E-state index contributed by atoms with van der Waals surface area (Å²) in [6.07, 6.45) is 4.62. The minimum absolute atomic E-state index is 0.113. The first-order chi connectivity index (χ1) is 12.9. The standard InChI is InChI=1S/C19H22FNO5S/c1-24-17-11-16(20)19(12-18(17)25-2)27(22,23)21-13-7-9-15(10-8-13)26-14-5-3-4-6-14/h7-12,14,21H,3-6H2,1-2H3. The SMILES string of the molecule is COc1cc(F)c(S(=O)(=O)Nc2ccc(OC3CCCC3)cc2)cc1OC. The second-order valence-corrected chi connectivity index (χ2v) is 7.94. The van der Waals surface area contributed by atoms with Crippen molar-refractivity contribution in [3.8, 4) is 17.2 Å². The average Bonchev–Trinajstić information content (AvgIpc) is 3.15. The molecule has 0 amide bonds. The number of halogens is 1. The van der Waals surface area contributed by atoms with E-state index in [1.165, 1.54) is 27.1 Å². The Kier molecular flexibility index (Phi) is 5.74. The molecule has 0 aliphatic heterocycles. The van der Waals surface area contributed by atoms with Crippen LogP contribution in [0.15, 0.2) is 41.3 Å². The van der Waals surface area contributed by atoms with Gasteiger partial charge in [-0.3, -0.25) is 4.72 Å². The highest BCUT2D eigenvalue weighted by Crippen LogP contribution is 2.33. The summed E-state index contributed by atoms with van der Waals surface area (Å²) < 4.78 is 57.7. The highest BCUT2D eigenvalue weighted by molar-refractivity contribution is 7.92. The van der Waals surface area contributed by atoms with Crippen molar-refractivity contribution < 1.29 is 27.0 Å². The van der Waals surface area contributed by atoms with E-state index in [-0.39, 0.29) is 17.6 Å². The summed E-state index contributed by atoms with van der Waals surface area (Å²) in [6, 6.07) is 8.63. The van der Waals surface area contributed by atoms with Gasteiger partial charge in [-0.2, -0.15) is 0 Å². The molecule has 1 aliphatic rings. The van der Waals surface area contributed by atoms with E-state index in [2.05, 4.69) is 4.72 Å². The van der Waals surface area contributed by atoms with Gasteiger partial charge in [0.25, 0.3) is 10.0 Å². The molecular formula is C19H22FNO5S. The number of nitrogens with one attached hydrogen (secondary N) is 1. The summed E-state index contributed by atoms with van der Waals surface area (Å²) in [5, 5.41) is 0. The Morgan fingerprint density at radius 2 is 1.59 bits per heavy atom. The van der Waals surface area contributed by atoms with Crippen LogP contribution in [0.4, 0.5) is 10.1 Å². The molecule has 1 fully saturated rings. The predicted molar refractivity (Wildman–Crippen MR) is 99.6 cm³/mol. The largest absolute Gasteiger partial charge is 0.493 e. The summed E-state index contributed by atoms with van der Waals surface area (Å²) >= 11 is 0. The molecule has 0 aromatic heterocycles. The van der Waals surface area contributed by atoms with E-state index in [9.17, 15) is 12.8 Å². The van der Waals surface area contributed by atoms with Crippen LogP contribution < -0.4 is 18.9 Å². The molecule has 27 heavy (non-hydrogen) atoms. The fraction of sp³-hybridized carbons (Fsp3) is 0.368. The van der Waals surface area contributed by atoms with Gasteiger partial charge >= 0.3 is 0 Å². The summed E-state index contributed by atoms with van der Waals surface area (Å²) in [4.78, 5) is -0.522. The molecule has 1 N–H and O–H groups in total. The molecule has 0 radical (unpaired) electrons. The van der Waals surface area contributed by atoms with E-state index in [1.807, 2.05) is 0 Å². The maximum absolute atomic E-state index is 14.3. The molecule has 2 aromatic carbocycles. The second-order valence-electron chi connectivity index (χ2n) is 6.29. The number of anilines is 1. The lowest BCUT2D eigenvalue weighted by molar-refractivity contribution is 0.210. The summed E-state index contributed by atoms with van der Waals surface area (Å²) in [5.41, 5.74) is 0.308. The maximum atomic E-state index is 14.3. The van der Waals surface area contributed by atoms with Crippen LogP contribution in [0, 0.1) is 5.82 Å². The Morgan fingerprint density at radius 3 is 2.19 bits per heavy atom. The Hall–Kier alpha value is -2.48. The van der Waals surface area contributed by atoms with Crippen molar-refractivity contribution >= 4 is 15.7 Å². The fourth-order valence-corrected chi connectivity index (χ4v) is 4.19. The number of rotatable bonds is 7. The van der Waals surface area contributed by atoms with Gasteiger partial charge in [0.15, 0.2) is 11.5 Å². The van der Waals surface area contributed by atoms with E-state index in [4.69, 9.17) is 14.2 Å². The van der Waals surface area contributed by atoms with Gasteiger partial charge in [0.1, 0.15) is 16.5 Å². The highest BCUT2D eigenvalue weighted by atomic mass is 32.2. The molecule has 1 saturated carbocycles. The number of hydrogen-bond acceptors (Lipinski definition) is 5. The van der Waals surface area contributed by atoms with Gasteiger partial charge in [-0.1, -0.05) is 0 Å². The third-order valence-electron chi connectivity index (χ3n) is 4.44. The van der Waals surface area contributed by atoms with Crippen LogP contribution in [0.2, 0.25) is 0 Å². The summed E-state index contributed by atoms with van der Waals surface area (Å²) in [6.45, 7) is 0. The third kappa shape index (κ3) is 4.44. The first-order valence-corrected chi connectivity index (χ1v) is 10.1. The van der Waals surface area contributed by atoms with Gasteiger partial charge in [0, 0.05) is 17.8 Å².